The summed E-state index contributed by atoms with van der Waals surface area (Å²) in [6, 6.07) is 19.9. The van der Waals surface area contributed by atoms with Crippen LogP contribution in [-0.2, 0) is 6.61 Å². The highest BCUT2D eigenvalue weighted by Gasteiger charge is 2.09. The summed E-state index contributed by atoms with van der Waals surface area (Å²) in [4.78, 5) is 18.8. The molecule has 6 heteroatoms. The smallest absolute Gasteiger partial charge is 0.335 e. The molecular weight excluding hydrogens is 364 g/mol. The molecule has 1 aromatic heterocycles. The normalized spacial score (nSPS) is 10.9. The van der Waals surface area contributed by atoms with E-state index in [-0.39, 0.29) is 5.56 Å². The molecule has 134 valence electrons. The van der Waals surface area contributed by atoms with Crippen molar-refractivity contribution in [3.05, 3.63) is 82.9 Å². The van der Waals surface area contributed by atoms with E-state index in [2.05, 4.69) is 9.97 Å². The van der Waals surface area contributed by atoms with Crippen LogP contribution >= 0.6 is 11.6 Å². The maximum absolute atomic E-state index is 11.1. The van der Waals surface area contributed by atoms with Crippen LogP contribution < -0.4 is 4.74 Å². The van der Waals surface area contributed by atoms with Gasteiger partial charge in [-0.1, -0.05) is 29.8 Å². The van der Waals surface area contributed by atoms with Crippen molar-refractivity contribution in [2.45, 2.75) is 6.61 Å². The molecule has 0 fully saturated rings. The van der Waals surface area contributed by atoms with Crippen LogP contribution in [0.1, 0.15) is 15.9 Å². The molecule has 4 rings (SSSR count). The largest absolute Gasteiger partial charge is 0.489 e. The summed E-state index contributed by atoms with van der Waals surface area (Å²) in [6.07, 6.45) is 0. The Balaban J connectivity index is 1.52. The van der Waals surface area contributed by atoms with Crippen molar-refractivity contribution in [2.75, 3.05) is 0 Å². The zero-order chi connectivity index (χ0) is 18.8. The van der Waals surface area contributed by atoms with Gasteiger partial charge in [0.25, 0.3) is 0 Å². The Labute approximate surface area is 160 Å². The van der Waals surface area contributed by atoms with E-state index in [1.807, 2.05) is 48.5 Å². The zero-order valence-corrected chi connectivity index (χ0v) is 14.9. The maximum atomic E-state index is 11.1. The Bertz CT molecular complexity index is 1120. The van der Waals surface area contributed by atoms with E-state index < -0.39 is 5.97 Å². The first-order valence-corrected chi connectivity index (χ1v) is 8.67. The first kappa shape index (κ1) is 17.1. The van der Waals surface area contributed by atoms with E-state index in [0.29, 0.717) is 28.5 Å². The van der Waals surface area contributed by atoms with Gasteiger partial charge >= 0.3 is 5.97 Å². The highest BCUT2D eigenvalue weighted by molar-refractivity contribution is 6.31. The highest BCUT2D eigenvalue weighted by atomic mass is 35.5. The monoisotopic (exact) mass is 378 g/mol. The van der Waals surface area contributed by atoms with Gasteiger partial charge in [0.1, 0.15) is 18.2 Å². The third kappa shape index (κ3) is 3.64. The fraction of sp³-hybridized carbons (Fsp3) is 0.0476. The Morgan fingerprint density at radius 2 is 1.85 bits per heavy atom. The second-order valence-corrected chi connectivity index (χ2v) is 6.43. The van der Waals surface area contributed by atoms with Crippen LogP contribution in [0.2, 0.25) is 5.02 Å². The van der Waals surface area contributed by atoms with E-state index in [4.69, 9.17) is 21.4 Å². The highest BCUT2D eigenvalue weighted by Crippen LogP contribution is 2.24. The topological polar surface area (TPSA) is 75.2 Å². The number of carboxylic acid groups (broad SMARTS) is 1. The van der Waals surface area contributed by atoms with Gasteiger partial charge in [0, 0.05) is 16.1 Å². The van der Waals surface area contributed by atoms with Crippen molar-refractivity contribution in [2.24, 2.45) is 0 Å². The van der Waals surface area contributed by atoms with Crippen LogP contribution in [0.5, 0.6) is 5.75 Å². The fourth-order valence-electron chi connectivity index (χ4n) is 2.76. The minimum atomic E-state index is -0.965. The number of aromatic carboxylic acids is 1. The Morgan fingerprint density at radius 3 is 2.59 bits per heavy atom. The molecule has 0 aliphatic heterocycles. The van der Waals surface area contributed by atoms with Crippen LogP contribution in [0.4, 0.5) is 0 Å². The lowest BCUT2D eigenvalue weighted by Gasteiger charge is -2.08. The minimum Gasteiger partial charge on any atom is -0.489 e. The summed E-state index contributed by atoms with van der Waals surface area (Å²) < 4.78 is 5.78. The molecule has 0 unspecified atom stereocenters. The second-order valence-electron chi connectivity index (χ2n) is 6.03. The maximum Gasteiger partial charge on any atom is 0.335 e. The number of aromatic amines is 1. The van der Waals surface area contributed by atoms with E-state index in [1.54, 1.807) is 18.2 Å². The van der Waals surface area contributed by atoms with Crippen LogP contribution in [0.3, 0.4) is 0 Å². The van der Waals surface area contributed by atoms with Crippen molar-refractivity contribution < 1.29 is 14.6 Å². The van der Waals surface area contributed by atoms with Gasteiger partial charge in [-0.25, -0.2) is 9.78 Å². The van der Waals surface area contributed by atoms with Gasteiger partial charge in [0.15, 0.2) is 0 Å². The van der Waals surface area contributed by atoms with Gasteiger partial charge in [-0.05, 0) is 48.5 Å². The van der Waals surface area contributed by atoms with Gasteiger partial charge in [0.05, 0.1) is 16.6 Å². The van der Waals surface area contributed by atoms with Crippen molar-refractivity contribution in [1.29, 1.82) is 0 Å². The molecule has 0 radical (unpaired) electrons. The molecule has 4 aromatic rings. The van der Waals surface area contributed by atoms with Gasteiger partial charge in [-0.2, -0.15) is 0 Å². The van der Waals surface area contributed by atoms with Crippen molar-refractivity contribution >= 4 is 28.6 Å². The lowest BCUT2D eigenvalue weighted by molar-refractivity contribution is 0.0697. The van der Waals surface area contributed by atoms with Crippen LogP contribution in [0.15, 0.2) is 66.7 Å². The molecule has 0 spiro atoms. The number of ether oxygens (including phenoxy) is 1. The number of carbonyl (C=O) groups is 1. The Hall–Kier alpha value is -3.31. The number of imidazole rings is 1. The van der Waals surface area contributed by atoms with E-state index in [1.165, 1.54) is 0 Å². The molecule has 5 nitrogen and oxygen atoms in total. The first-order chi connectivity index (χ1) is 13.1. The summed E-state index contributed by atoms with van der Waals surface area (Å²) in [6.45, 7) is 0.390. The van der Waals surface area contributed by atoms with Crippen LogP contribution in [-0.4, -0.2) is 21.0 Å². The number of nitrogens with one attached hydrogen (secondary N) is 1. The predicted octanol–water partition coefficient (Wildman–Crippen LogP) is 5.16. The molecule has 27 heavy (non-hydrogen) atoms. The second kappa shape index (κ2) is 7.13. The zero-order valence-electron chi connectivity index (χ0n) is 14.1. The number of halogens is 1. The summed E-state index contributed by atoms with van der Waals surface area (Å²) in [7, 11) is 0. The van der Waals surface area contributed by atoms with Crippen LogP contribution in [0, 0.1) is 0 Å². The fourth-order valence-corrected chi connectivity index (χ4v) is 2.96. The van der Waals surface area contributed by atoms with Gasteiger partial charge < -0.3 is 14.8 Å². The molecule has 1 heterocycles. The molecule has 0 saturated heterocycles. The summed E-state index contributed by atoms with van der Waals surface area (Å²) >= 11 is 6.14. The first-order valence-electron chi connectivity index (χ1n) is 8.30. The molecule has 3 aromatic carbocycles. The third-order valence-corrected chi connectivity index (χ3v) is 4.58. The average molecular weight is 379 g/mol. The predicted molar refractivity (Wildman–Crippen MR) is 104 cm³/mol. The molecule has 0 aliphatic carbocycles. The summed E-state index contributed by atoms with van der Waals surface area (Å²) in [5.74, 6) is 0.432. The molecular formula is C21H15ClN2O3. The van der Waals surface area contributed by atoms with Gasteiger partial charge in [0.2, 0.25) is 0 Å². The molecule has 2 N–H and O–H groups in total. The van der Waals surface area contributed by atoms with E-state index in [9.17, 15) is 4.79 Å². The number of H-pyrrole nitrogens is 1. The van der Waals surface area contributed by atoms with Gasteiger partial charge in [-0.3, -0.25) is 0 Å². The van der Waals surface area contributed by atoms with Gasteiger partial charge in [-0.15, -0.1) is 0 Å². The Morgan fingerprint density at radius 1 is 1.07 bits per heavy atom. The lowest BCUT2D eigenvalue weighted by Crippen LogP contribution is -1.96. The lowest BCUT2D eigenvalue weighted by atomic mass is 10.2. The number of fused-ring (bicyclic) bond motifs is 1. The third-order valence-electron chi connectivity index (χ3n) is 4.21. The number of aromatic nitrogens is 2. The molecule has 0 atom stereocenters. The average Bonchev–Trinajstić information content (AvgIpc) is 3.11. The summed E-state index contributed by atoms with van der Waals surface area (Å²) in [5.41, 5.74) is 3.43. The molecule has 0 amide bonds. The van der Waals surface area contributed by atoms with Crippen LogP contribution in [0.25, 0.3) is 22.4 Å². The number of carboxylic acids is 1. The minimum absolute atomic E-state index is 0.223. The molecule has 0 aliphatic rings. The van der Waals surface area contributed by atoms with E-state index >= 15 is 0 Å². The standard InChI is InChI=1S/C21H15ClN2O3/c22-17-4-2-1-3-15(17)12-27-16-8-5-13(6-9-16)20-23-18-10-7-14(21(25)26)11-19(18)24-20/h1-11H,12H2,(H,23,24)(H,25,26). The van der Waals surface area contributed by atoms with Crippen molar-refractivity contribution in [3.8, 4) is 17.1 Å². The number of rotatable bonds is 5. The quantitative estimate of drug-likeness (QED) is 0.503. The van der Waals surface area contributed by atoms with E-state index in [0.717, 1.165) is 16.9 Å². The number of nitrogens with zero attached hydrogens (tertiary/aromatic N) is 1. The SMILES string of the molecule is O=C(O)c1ccc2nc(-c3ccc(OCc4ccccc4Cl)cc3)[nH]c2c1. The molecule has 0 bridgehead atoms. The Kier molecular flexibility index (Phi) is 4.52. The number of benzene rings is 3. The van der Waals surface area contributed by atoms with Crippen molar-refractivity contribution in [1.82, 2.24) is 9.97 Å². The summed E-state index contributed by atoms with van der Waals surface area (Å²) in [5, 5.41) is 9.77. The van der Waals surface area contributed by atoms with Crippen molar-refractivity contribution in [3.63, 3.8) is 0 Å². The molecule has 0 saturated carbocycles. The number of hydrogen-bond donors (Lipinski definition) is 2. The number of hydrogen-bond acceptors (Lipinski definition) is 3.